The molecule has 0 aliphatic carbocycles. The summed E-state index contributed by atoms with van der Waals surface area (Å²) >= 11 is 0. The summed E-state index contributed by atoms with van der Waals surface area (Å²) in [5.74, 6) is -0.102. The fourth-order valence-electron chi connectivity index (χ4n) is 2.11. The maximum absolute atomic E-state index is 9.72. The van der Waals surface area contributed by atoms with Gasteiger partial charge in [0.1, 0.15) is 0 Å². The third kappa shape index (κ3) is 2.75. The fraction of sp³-hybridized carbons (Fsp3) is 0.538. The first kappa shape index (κ1) is 13.1. The van der Waals surface area contributed by atoms with E-state index in [1.165, 1.54) is 7.11 Å². The van der Waals surface area contributed by atoms with Gasteiger partial charge < -0.3 is 25.1 Å². The summed E-state index contributed by atoms with van der Waals surface area (Å²) in [6.07, 6.45) is 0.503. The molecule has 1 heterocycles. The van der Waals surface area contributed by atoms with Crippen LogP contribution in [0.15, 0.2) is 18.2 Å². The van der Waals surface area contributed by atoms with Gasteiger partial charge in [0.25, 0.3) is 0 Å². The quantitative estimate of drug-likeness (QED) is 0.838. The molecule has 0 bridgehead atoms. The van der Waals surface area contributed by atoms with Gasteiger partial charge in [-0.15, -0.1) is 0 Å². The average molecular weight is 253 g/mol. The highest BCUT2D eigenvalue weighted by molar-refractivity contribution is 5.41. The Labute approximate surface area is 106 Å². The number of phenols is 1. The van der Waals surface area contributed by atoms with Crippen molar-refractivity contribution in [3.8, 4) is 11.5 Å². The summed E-state index contributed by atoms with van der Waals surface area (Å²) in [4.78, 5) is 0. The Bertz CT molecular complexity index is 423. The molecule has 18 heavy (non-hydrogen) atoms. The molecule has 2 rings (SSSR count). The van der Waals surface area contributed by atoms with Crippen LogP contribution in [-0.2, 0) is 15.9 Å². The molecule has 5 heteroatoms. The highest BCUT2D eigenvalue weighted by atomic mass is 16.7. The lowest BCUT2D eigenvalue weighted by atomic mass is 10.1. The summed E-state index contributed by atoms with van der Waals surface area (Å²) in [5, 5.41) is 9.72. The third-order valence-corrected chi connectivity index (χ3v) is 3.02. The Morgan fingerprint density at radius 2 is 2.33 bits per heavy atom. The van der Waals surface area contributed by atoms with E-state index in [4.69, 9.17) is 19.9 Å². The minimum absolute atomic E-state index is 0.0538. The molecule has 2 atom stereocenters. The highest BCUT2D eigenvalue weighted by Crippen LogP contribution is 2.31. The average Bonchev–Trinajstić information content (AvgIpc) is 2.71. The zero-order chi connectivity index (χ0) is 13.2. The summed E-state index contributed by atoms with van der Waals surface area (Å²) in [6, 6.07) is 5.27. The monoisotopic (exact) mass is 253 g/mol. The smallest absolute Gasteiger partial charge is 0.170 e. The first-order valence-electron chi connectivity index (χ1n) is 5.94. The lowest BCUT2D eigenvalue weighted by Gasteiger charge is -2.23. The van der Waals surface area contributed by atoms with Gasteiger partial charge in [-0.3, -0.25) is 0 Å². The minimum Gasteiger partial charge on any atom is -0.504 e. The van der Waals surface area contributed by atoms with Crippen molar-refractivity contribution in [1.29, 1.82) is 0 Å². The van der Waals surface area contributed by atoms with Crippen molar-refractivity contribution in [3.63, 3.8) is 0 Å². The van der Waals surface area contributed by atoms with Crippen molar-refractivity contribution in [2.24, 2.45) is 5.73 Å². The number of methoxy groups -OCH3 is 1. The van der Waals surface area contributed by atoms with Crippen LogP contribution < -0.4 is 10.5 Å². The van der Waals surface area contributed by atoms with Crippen molar-refractivity contribution in [2.45, 2.75) is 25.2 Å². The highest BCUT2D eigenvalue weighted by Gasteiger charge is 2.36. The molecule has 1 aliphatic heterocycles. The predicted molar refractivity (Wildman–Crippen MR) is 66.6 cm³/mol. The van der Waals surface area contributed by atoms with Gasteiger partial charge in [-0.1, -0.05) is 6.07 Å². The number of nitrogens with two attached hydrogens (primary N) is 1. The molecule has 100 valence electrons. The van der Waals surface area contributed by atoms with E-state index in [9.17, 15) is 5.11 Å². The second-order valence-corrected chi connectivity index (χ2v) is 4.60. The Morgan fingerprint density at radius 1 is 1.56 bits per heavy atom. The molecular formula is C13H19NO4. The first-order chi connectivity index (χ1) is 8.56. The molecule has 0 amide bonds. The number of hydrogen-bond donors (Lipinski definition) is 2. The van der Waals surface area contributed by atoms with Crippen LogP contribution in [0.2, 0.25) is 0 Å². The standard InChI is InChI=1S/C13H19NO4/c1-13(17-8-10(7-14)18-13)6-9-3-4-12(16-2)11(15)5-9/h3-5,10,15H,6-8,14H2,1-2H3. The van der Waals surface area contributed by atoms with E-state index >= 15 is 0 Å². The Balaban J connectivity index is 2.07. The molecule has 2 unspecified atom stereocenters. The van der Waals surface area contributed by atoms with Crippen molar-refractivity contribution in [1.82, 2.24) is 0 Å². The van der Waals surface area contributed by atoms with Crippen LogP contribution in [0.25, 0.3) is 0 Å². The molecular weight excluding hydrogens is 234 g/mol. The normalized spacial score (nSPS) is 27.4. The molecule has 1 saturated heterocycles. The van der Waals surface area contributed by atoms with Crippen LogP contribution in [0.3, 0.4) is 0 Å². The van der Waals surface area contributed by atoms with Crippen LogP contribution in [0, 0.1) is 0 Å². The van der Waals surface area contributed by atoms with Crippen molar-refractivity contribution >= 4 is 0 Å². The summed E-state index contributed by atoms with van der Waals surface area (Å²) < 4.78 is 16.4. The molecule has 5 nitrogen and oxygen atoms in total. The van der Waals surface area contributed by atoms with Gasteiger partial charge in [0, 0.05) is 13.0 Å². The summed E-state index contributed by atoms with van der Waals surface area (Å²) in [5.41, 5.74) is 6.47. The van der Waals surface area contributed by atoms with Gasteiger partial charge in [-0.2, -0.15) is 0 Å². The summed E-state index contributed by atoms with van der Waals surface area (Å²) in [6.45, 7) is 2.84. The molecule has 3 N–H and O–H groups in total. The zero-order valence-corrected chi connectivity index (χ0v) is 10.7. The van der Waals surface area contributed by atoms with Crippen molar-refractivity contribution in [3.05, 3.63) is 23.8 Å². The number of benzene rings is 1. The fourth-order valence-corrected chi connectivity index (χ4v) is 2.11. The van der Waals surface area contributed by atoms with Crippen LogP contribution in [0.4, 0.5) is 0 Å². The number of hydrogen-bond acceptors (Lipinski definition) is 5. The molecule has 1 aliphatic rings. The Kier molecular flexibility index (Phi) is 3.75. The van der Waals surface area contributed by atoms with E-state index in [0.717, 1.165) is 5.56 Å². The summed E-state index contributed by atoms with van der Waals surface area (Å²) in [7, 11) is 1.52. The van der Waals surface area contributed by atoms with Crippen LogP contribution in [0.5, 0.6) is 11.5 Å². The number of rotatable bonds is 4. The maximum atomic E-state index is 9.72. The van der Waals surface area contributed by atoms with Crippen LogP contribution in [0.1, 0.15) is 12.5 Å². The lowest BCUT2D eigenvalue weighted by molar-refractivity contribution is -0.151. The van der Waals surface area contributed by atoms with Crippen molar-refractivity contribution < 1.29 is 19.3 Å². The number of aromatic hydroxyl groups is 1. The second-order valence-electron chi connectivity index (χ2n) is 4.60. The lowest BCUT2D eigenvalue weighted by Crippen LogP contribution is -2.31. The van der Waals surface area contributed by atoms with Crippen LogP contribution in [-0.4, -0.2) is 37.3 Å². The SMILES string of the molecule is COc1ccc(CC2(C)OCC(CN)O2)cc1O. The van der Waals surface area contributed by atoms with Gasteiger partial charge in [0.05, 0.1) is 19.8 Å². The molecule has 0 saturated carbocycles. The van der Waals surface area contributed by atoms with Crippen LogP contribution >= 0.6 is 0 Å². The molecule has 1 aromatic carbocycles. The predicted octanol–water partition coefficient (Wildman–Crippen LogP) is 1.03. The van der Waals surface area contributed by atoms with E-state index < -0.39 is 5.79 Å². The van der Waals surface area contributed by atoms with E-state index in [1.54, 1.807) is 12.1 Å². The maximum Gasteiger partial charge on any atom is 0.170 e. The van der Waals surface area contributed by atoms with E-state index in [2.05, 4.69) is 0 Å². The van der Waals surface area contributed by atoms with E-state index in [1.807, 2.05) is 13.0 Å². The van der Waals surface area contributed by atoms with Gasteiger partial charge >= 0.3 is 0 Å². The third-order valence-electron chi connectivity index (χ3n) is 3.02. The molecule has 0 aromatic heterocycles. The Morgan fingerprint density at radius 3 is 2.89 bits per heavy atom. The minimum atomic E-state index is -0.676. The van der Waals surface area contributed by atoms with E-state index in [-0.39, 0.29) is 11.9 Å². The Hall–Kier alpha value is -1.30. The van der Waals surface area contributed by atoms with Gasteiger partial charge in [0.2, 0.25) is 0 Å². The van der Waals surface area contributed by atoms with E-state index in [0.29, 0.717) is 25.3 Å². The molecule has 1 aromatic rings. The molecule has 0 radical (unpaired) electrons. The topological polar surface area (TPSA) is 73.9 Å². The zero-order valence-electron chi connectivity index (χ0n) is 10.7. The number of ether oxygens (including phenoxy) is 3. The van der Waals surface area contributed by atoms with Gasteiger partial charge in [-0.25, -0.2) is 0 Å². The second kappa shape index (κ2) is 5.14. The largest absolute Gasteiger partial charge is 0.504 e. The van der Waals surface area contributed by atoms with Gasteiger partial charge in [-0.05, 0) is 24.6 Å². The van der Waals surface area contributed by atoms with Gasteiger partial charge in [0.15, 0.2) is 17.3 Å². The molecule has 1 fully saturated rings. The van der Waals surface area contributed by atoms with Crippen molar-refractivity contribution in [2.75, 3.05) is 20.3 Å². The number of phenolic OH excluding ortho intramolecular Hbond substituents is 1. The first-order valence-corrected chi connectivity index (χ1v) is 5.94. The molecule has 0 spiro atoms.